The summed E-state index contributed by atoms with van der Waals surface area (Å²) in [5, 5.41) is 0. The largest absolute Gasteiger partial charge is 0.451 e. The second kappa shape index (κ2) is 12.6. The average Bonchev–Trinajstić information content (AvgIpc) is 3.34. The second-order valence-corrected chi connectivity index (χ2v) is 18.3. The molecular formula is C44H61NO5. The van der Waals surface area contributed by atoms with Crippen molar-refractivity contribution < 1.29 is 23.9 Å². The van der Waals surface area contributed by atoms with E-state index < -0.39 is 5.60 Å². The highest BCUT2D eigenvalue weighted by atomic mass is 16.6. The molecular weight excluding hydrogens is 622 g/mol. The molecule has 9 unspecified atom stereocenters. The summed E-state index contributed by atoms with van der Waals surface area (Å²) < 4.78 is 5.82. The fourth-order valence-electron chi connectivity index (χ4n) is 12.6. The number of aryl methyl sites for hydroxylation is 1. The second-order valence-electron chi connectivity index (χ2n) is 18.3. The van der Waals surface area contributed by atoms with Crippen molar-refractivity contribution in [2.24, 2.45) is 45.7 Å². The van der Waals surface area contributed by atoms with Crippen LogP contribution in [0.3, 0.4) is 0 Å². The summed E-state index contributed by atoms with van der Waals surface area (Å²) >= 11 is 0. The molecule has 0 bridgehead atoms. The van der Waals surface area contributed by atoms with Gasteiger partial charge in [0.05, 0.1) is 0 Å². The molecule has 0 saturated heterocycles. The molecule has 1 aromatic carbocycles. The lowest BCUT2D eigenvalue weighted by Gasteiger charge is -2.58. The highest BCUT2D eigenvalue weighted by Crippen LogP contribution is 2.68. The van der Waals surface area contributed by atoms with Crippen LogP contribution in [0.25, 0.3) is 0 Å². The maximum Gasteiger partial charge on any atom is 0.303 e. The number of ether oxygens (including phenoxy) is 1. The molecule has 6 aliphatic carbocycles. The number of fused-ring (bicyclic) bond motifs is 8. The molecule has 3 saturated carbocycles. The van der Waals surface area contributed by atoms with Gasteiger partial charge < -0.3 is 10.5 Å². The Hall–Kier alpha value is -3.02. The van der Waals surface area contributed by atoms with E-state index in [0.717, 1.165) is 51.4 Å². The Morgan fingerprint density at radius 1 is 0.880 bits per heavy atom. The van der Waals surface area contributed by atoms with Crippen LogP contribution in [0.4, 0.5) is 0 Å². The Kier molecular flexibility index (Phi) is 9.25. The lowest BCUT2D eigenvalue weighted by Crippen LogP contribution is -2.58. The normalized spacial score (nSPS) is 40.0. The number of rotatable bonds is 4. The van der Waals surface area contributed by atoms with Gasteiger partial charge in [0, 0.05) is 24.2 Å². The number of carbonyl (C=O) groups is 4. The van der Waals surface area contributed by atoms with Crippen LogP contribution >= 0.6 is 0 Å². The number of allylic oxidation sites excluding steroid dienone is 4. The monoisotopic (exact) mass is 683 g/mol. The van der Waals surface area contributed by atoms with Crippen molar-refractivity contribution in [3.8, 4) is 0 Å². The van der Waals surface area contributed by atoms with Crippen LogP contribution in [-0.2, 0) is 35.8 Å². The number of hydrogen-bond donors (Lipinski definition) is 1. The standard InChI is InChI=1S/C24H32O4.C20H29NO/c1-14-12-18-19(22(4)9-6-17(27)13-21(14)22)7-10-23(5)20(18)8-11-24(23,15(2)25)28-16(3)26;1-13(2)14-6-8-16-15(12-14)7-9-17-19(16,3)10-5-11-20(17,4)18(21)22/h12-13,18-20H,6-11H2,1-5H3;6,8,12-13,17H,5,7,9-11H2,1-4H3,(H2,21,22). The number of primary amides is 1. The molecule has 7 rings (SSSR count). The van der Waals surface area contributed by atoms with Crippen molar-refractivity contribution in [2.45, 2.75) is 150 Å². The lowest BCUT2D eigenvalue weighted by molar-refractivity contribution is -0.185. The third-order valence-corrected chi connectivity index (χ3v) is 15.4. The molecule has 3 fully saturated rings. The van der Waals surface area contributed by atoms with Crippen LogP contribution in [0.1, 0.15) is 149 Å². The van der Waals surface area contributed by atoms with E-state index in [2.05, 4.69) is 72.7 Å². The van der Waals surface area contributed by atoms with Gasteiger partial charge in [-0.25, -0.2) is 0 Å². The smallest absolute Gasteiger partial charge is 0.303 e. The first-order chi connectivity index (χ1) is 23.3. The maximum absolute atomic E-state index is 12.8. The fraction of sp³-hybridized carbons (Fsp3) is 0.682. The molecule has 1 amide bonds. The number of benzene rings is 1. The van der Waals surface area contributed by atoms with Gasteiger partial charge in [-0.1, -0.05) is 77.8 Å². The van der Waals surface area contributed by atoms with E-state index in [9.17, 15) is 19.2 Å². The van der Waals surface area contributed by atoms with Gasteiger partial charge in [0.25, 0.3) is 0 Å². The molecule has 1 aromatic rings. The molecule has 6 aliphatic rings. The summed E-state index contributed by atoms with van der Waals surface area (Å²) in [6.45, 7) is 18.6. The summed E-state index contributed by atoms with van der Waals surface area (Å²) in [7, 11) is 0. The molecule has 6 nitrogen and oxygen atoms in total. The molecule has 50 heavy (non-hydrogen) atoms. The highest BCUT2D eigenvalue weighted by Gasteiger charge is 2.67. The summed E-state index contributed by atoms with van der Waals surface area (Å²) in [6, 6.07) is 7.02. The quantitative estimate of drug-likeness (QED) is 0.319. The predicted octanol–water partition coefficient (Wildman–Crippen LogP) is 8.88. The molecule has 272 valence electrons. The molecule has 9 atom stereocenters. The number of hydrogen-bond acceptors (Lipinski definition) is 5. The summed E-state index contributed by atoms with van der Waals surface area (Å²) in [6.07, 6.45) is 14.6. The van der Waals surface area contributed by atoms with Crippen molar-refractivity contribution in [3.63, 3.8) is 0 Å². The molecule has 0 radical (unpaired) electrons. The molecule has 0 heterocycles. The molecule has 0 spiro atoms. The Balaban J connectivity index is 0.000000178. The minimum atomic E-state index is -0.990. The Morgan fingerprint density at radius 2 is 1.58 bits per heavy atom. The van der Waals surface area contributed by atoms with Gasteiger partial charge in [0.15, 0.2) is 17.2 Å². The minimum absolute atomic E-state index is 0.0160. The SMILES string of the molecule is CC(=O)OC1(C(C)=O)CCC2C3C=C(C)C4=CC(=O)CCC4(C)C3CCC21C.CC(C)c1ccc2c(c1)CCC1C(C)(C(N)=O)CCCC21C. The van der Waals surface area contributed by atoms with Crippen LogP contribution < -0.4 is 5.73 Å². The predicted molar refractivity (Wildman–Crippen MR) is 197 cm³/mol. The van der Waals surface area contributed by atoms with Crippen molar-refractivity contribution in [1.29, 1.82) is 0 Å². The average molecular weight is 684 g/mol. The van der Waals surface area contributed by atoms with Crippen molar-refractivity contribution in [1.82, 2.24) is 0 Å². The number of amides is 1. The number of esters is 1. The van der Waals surface area contributed by atoms with E-state index in [1.54, 1.807) is 6.92 Å². The number of Topliss-reactive ketones (excluding diaryl/α,β-unsaturated/α-hetero) is 1. The van der Waals surface area contributed by atoms with E-state index in [1.165, 1.54) is 41.2 Å². The van der Waals surface area contributed by atoms with Crippen LogP contribution in [-0.4, -0.2) is 29.0 Å². The van der Waals surface area contributed by atoms with Gasteiger partial charge in [-0.15, -0.1) is 0 Å². The topological polar surface area (TPSA) is 104 Å². The molecule has 0 aliphatic heterocycles. The van der Waals surface area contributed by atoms with E-state index >= 15 is 0 Å². The van der Waals surface area contributed by atoms with Gasteiger partial charge >= 0.3 is 5.97 Å². The van der Waals surface area contributed by atoms with Gasteiger partial charge in [-0.3, -0.25) is 19.2 Å². The zero-order valence-electron chi connectivity index (χ0n) is 32.2. The van der Waals surface area contributed by atoms with Crippen LogP contribution in [0.2, 0.25) is 0 Å². The van der Waals surface area contributed by atoms with Crippen molar-refractivity contribution in [2.75, 3.05) is 0 Å². The van der Waals surface area contributed by atoms with E-state index in [0.29, 0.717) is 42.4 Å². The zero-order valence-corrected chi connectivity index (χ0v) is 32.2. The van der Waals surface area contributed by atoms with Gasteiger partial charge in [0.2, 0.25) is 5.91 Å². The summed E-state index contributed by atoms with van der Waals surface area (Å²) in [4.78, 5) is 48.9. The fourth-order valence-corrected chi connectivity index (χ4v) is 12.6. The van der Waals surface area contributed by atoms with E-state index in [1.807, 2.05) is 6.08 Å². The first-order valence-corrected chi connectivity index (χ1v) is 19.4. The Bertz CT molecular complexity index is 1670. The number of carbonyl (C=O) groups excluding carboxylic acids is 4. The van der Waals surface area contributed by atoms with Gasteiger partial charge in [-0.2, -0.15) is 0 Å². The molecule has 0 aromatic heterocycles. The third kappa shape index (κ3) is 5.40. The van der Waals surface area contributed by atoms with Gasteiger partial charge in [-0.05, 0) is 140 Å². The summed E-state index contributed by atoms with van der Waals surface area (Å²) in [5.74, 6) is 1.87. The zero-order chi connectivity index (χ0) is 36.6. The maximum atomic E-state index is 12.8. The number of nitrogens with two attached hydrogens (primary N) is 1. The molecule has 6 heteroatoms. The first-order valence-electron chi connectivity index (χ1n) is 19.4. The highest BCUT2D eigenvalue weighted by molar-refractivity contribution is 5.92. The Morgan fingerprint density at radius 3 is 2.22 bits per heavy atom. The lowest BCUT2D eigenvalue weighted by atomic mass is 9.47. The minimum Gasteiger partial charge on any atom is -0.451 e. The van der Waals surface area contributed by atoms with Crippen molar-refractivity contribution in [3.05, 3.63) is 58.2 Å². The Labute approximate surface area is 300 Å². The van der Waals surface area contributed by atoms with Crippen LogP contribution in [0.5, 0.6) is 0 Å². The number of ketones is 2. The first kappa shape index (κ1) is 36.8. The van der Waals surface area contributed by atoms with Crippen LogP contribution in [0, 0.1) is 39.9 Å². The third-order valence-electron chi connectivity index (χ3n) is 15.4. The van der Waals surface area contributed by atoms with Gasteiger partial charge in [0.1, 0.15) is 0 Å². The van der Waals surface area contributed by atoms with Crippen LogP contribution in [0.15, 0.2) is 41.5 Å². The van der Waals surface area contributed by atoms with E-state index in [-0.39, 0.29) is 45.1 Å². The molecule has 2 N–H and O–H groups in total. The van der Waals surface area contributed by atoms with E-state index in [4.69, 9.17) is 10.5 Å². The van der Waals surface area contributed by atoms with Crippen molar-refractivity contribution >= 4 is 23.4 Å². The summed E-state index contributed by atoms with van der Waals surface area (Å²) in [5.41, 5.74) is 11.1.